The first kappa shape index (κ1) is 13.2. The Labute approximate surface area is 102 Å². The van der Waals surface area contributed by atoms with Crippen molar-refractivity contribution in [2.24, 2.45) is 0 Å². The zero-order valence-corrected chi connectivity index (χ0v) is 9.85. The van der Waals surface area contributed by atoms with Gasteiger partial charge in [-0.05, 0) is 37.0 Å². The quantitative estimate of drug-likeness (QED) is 0.733. The maximum Gasteiger partial charge on any atom is 0.303 e. The fourth-order valence-electron chi connectivity index (χ4n) is 1.70. The summed E-state index contributed by atoms with van der Waals surface area (Å²) in [5, 5.41) is 17.1. The molecular weight excluding hydrogens is 214 g/mol. The average molecular weight is 231 g/mol. The number of carboxylic acids is 1. The Hall–Kier alpha value is -1.82. The number of unbranched alkanes of at least 4 members (excludes halogenated alkanes) is 3. The van der Waals surface area contributed by atoms with Crippen LogP contribution in [-0.4, -0.2) is 11.1 Å². The van der Waals surface area contributed by atoms with Gasteiger partial charge in [-0.2, -0.15) is 5.26 Å². The molecule has 0 bridgehead atoms. The fraction of sp³-hybridized carbons (Fsp3) is 0.429. The monoisotopic (exact) mass is 231 g/mol. The summed E-state index contributed by atoms with van der Waals surface area (Å²) in [6, 6.07) is 9.72. The Morgan fingerprint density at radius 1 is 1.12 bits per heavy atom. The van der Waals surface area contributed by atoms with Gasteiger partial charge in [0.25, 0.3) is 0 Å². The first-order valence-corrected chi connectivity index (χ1v) is 5.93. The highest BCUT2D eigenvalue weighted by Gasteiger charge is 1.97. The van der Waals surface area contributed by atoms with E-state index in [1.165, 1.54) is 5.56 Å². The Morgan fingerprint density at radius 2 is 1.76 bits per heavy atom. The molecule has 0 fully saturated rings. The lowest BCUT2D eigenvalue weighted by atomic mass is 10.0. The van der Waals surface area contributed by atoms with E-state index in [9.17, 15) is 4.79 Å². The summed E-state index contributed by atoms with van der Waals surface area (Å²) in [4.78, 5) is 10.3. The first-order chi connectivity index (χ1) is 8.22. The standard InChI is InChI=1S/C14H17NO2/c15-11-13-9-7-12(8-10-13)5-3-1-2-4-6-14(16)17/h7-10H,1-6H2,(H,16,17). The van der Waals surface area contributed by atoms with Crippen molar-refractivity contribution in [2.75, 3.05) is 0 Å². The molecule has 0 spiro atoms. The van der Waals surface area contributed by atoms with E-state index in [4.69, 9.17) is 10.4 Å². The fourth-order valence-corrected chi connectivity index (χ4v) is 1.70. The van der Waals surface area contributed by atoms with E-state index in [2.05, 4.69) is 6.07 Å². The predicted octanol–water partition coefficient (Wildman–Crippen LogP) is 3.14. The van der Waals surface area contributed by atoms with Crippen LogP contribution in [0.2, 0.25) is 0 Å². The van der Waals surface area contributed by atoms with E-state index in [0.717, 1.165) is 32.1 Å². The molecule has 1 aromatic carbocycles. The minimum atomic E-state index is -0.711. The molecule has 1 aromatic rings. The van der Waals surface area contributed by atoms with Crippen LogP contribution in [-0.2, 0) is 11.2 Å². The molecule has 90 valence electrons. The molecule has 17 heavy (non-hydrogen) atoms. The molecule has 1 N–H and O–H groups in total. The Balaban J connectivity index is 2.14. The molecule has 0 heterocycles. The zero-order valence-electron chi connectivity index (χ0n) is 9.85. The topological polar surface area (TPSA) is 61.1 Å². The molecule has 0 saturated heterocycles. The number of hydrogen-bond acceptors (Lipinski definition) is 2. The van der Waals surface area contributed by atoms with E-state index in [1.54, 1.807) is 0 Å². The van der Waals surface area contributed by atoms with Gasteiger partial charge < -0.3 is 5.11 Å². The number of hydrogen-bond donors (Lipinski definition) is 1. The third kappa shape index (κ3) is 5.72. The highest BCUT2D eigenvalue weighted by Crippen LogP contribution is 2.10. The molecule has 3 nitrogen and oxygen atoms in total. The molecule has 0 saturated carbocycles. The lowest BCUT2D eigenvalue weighted by Crippen LogP contribution is -1.94. The van der Waals surface area contributed by atoms with E-state index in [1.807, 2.05) is 24.3 Å². The molecule has 0 aliphatic rings. The van der Waals surface area contributed by atoms with Crippen LogP contribution in [0.1, 0.15) is 43.2 Å². The number of benzene rings is 1. The molecule has 1 rings (SSSR count). The second-order valence-corrected chi connectivity index (χ2v) is 4.12. The maximum atomic E-state index is 10.3. The number of aryl methyl sites for hydroxylation is 1. The number of rotatable bonds is 7. The lowest BCUT2D eigenvalue weighted by molar-refractivity contribution is -0.137. The van der Waals surface area contributed by atoms with Gasteiger partial charge in [-0.15, -0.1) is 0 Å². The minimum absolute atomic E-state index is 0.275. The van der Waals surface area contributed by atoms with Crippen molar-refractivity contribution in [2.45, 2.75) is 38.5 Å². The molecule has 0 radical (unpaired) electrons. The Morgan fingerprint density at radius 3 is 2.35 bits per heavy atom. The molecule has 0 aromatic heterocycles. The number of carboxylic acid groups (broad SMARTS) is 1. The van der Waals surface area contributed by atoms with Crippen LogP contribution < -0.4 is 0 Å². The van der Waals surface area contributed by atoms with Crippen LogP contribution in [0.15, 0.2) is 24.3 Å². The summed E-state index contributed by atoms with van der Waals surface area (Å²) in [5.41, 5.74) is 1.93. The number of aliphatic carboxylic acids is 1. The van der Waals surface area contributed by atoms with Crippen molar-refractivity contribution < 1.29 is 9.90 Å². The molecule has 3 heteroatoms. The minimum Gasteiger partial charge on any atom is -0.481 e. The van der Waals surface area contributed by atoms with Crippen molar-refractivity contribution in [3.8, 4) is 6.07 Å². The van der Waals surface area contributed by atoms with Gasteiger partial charge in [0.05, 0.1) is 11.6 Å². The van der Waals surface area contributed by atoms with Crippen LogP contribution in [0.5, 0.6) is 0 Å². The van der Waals surface area contributed by atoms with Gasteiger partial charge in [-0.25, -0.2) is 0 Å². The third-order valence-electron chi connectivity index (χ3n) is 2.69. The highest BCUT2D eigenvalue weighted by atomic mass is 16.4. The number of carbonyl (C=O) groups is 1. The normalized spacial score (nSPS) is 9.82. The Bertz CT molecular complexity index is 390. The second kappa shape index (κ2) is 7.45. The summed E-state index contributed by atoms with van der Waals surface area (Å²) >= 11 is 0. The molecule has 0 aliphatic carbocycles. The summed E-state index contributed by atoms with van der Waals surface area (Å²) in [6.45, 7) is 0. The summed E-state index contributed by atoms with van der Waals surface area (Å²) < 4.78 is 0. The average Bonchev–Trinajstić information content (AvgIpc) is 2.34. The summed E-state index contributed by atoms with van der Waals surface area (Å²) in [5.74, 6) is -0.711. The second-order valence-electron chi connectivity index (χ2n) is 4.12. The van der Waals surface area contributed by atoms with Gasteiger partial charge in [-0.3, -0.25) is 4.79 Å². The molecular formula is C14H17NO2. The smallest absolute Gasteiger partial charge is 0.303 e. The van der Waals surface area contributed by atoms with Gasteiger partial charge in [0, 0.05) is 6.42 Å². The van der Waals surface area contributed by atoms with Crippen LogP contribution >= 0.6 is 0 Å². The highest BCUT2D eigenvalue weighted by molar-refractivity contribution is 5.66. The van der Waals surface area contributed by atoms with Gasteiger partial charge >= 0.3 is 5.97 Å². The summed E-state index contributed by atoms with van der Waals surface area (Å²) in [7, 11) is 0. The van der Waals surface area contributed by atoms with Crippen LogP contribution in [0.3, 0.4) is 0 Å². The van der Waals surface area contributed by atoms with Crippen molar-refractivity contribution in [3.63, 3.8) is 0 Å². The van der Waals surface area contributed by atoms with Crippen molar-refractivity contribution in [3.05, 3.63) is 35.4 Å². The van der Waals surface area contributed by atoms with E-state index < -0.39 is 5.97 Å². The lowest BCUT2D eigenvalue weighted by Gasteiger charge is -2.01. The first-order valence-electron chi connectivity index (χ1n) is 5.93. The predicted molar refractivity (Wildman–Crippen MR) is 65.6 cm³/mol. The van der Waals surface area contributed by atoms with Crippen LogP contribution in [0.4, 0.5) is 0 Å². The van der Waals surface area contributed by atoms with Gasteiger partial charge in [0.2, 0.25) is 0 Å². The largest absolute Gasteiger partial charge is 0.481 e. The van der Waals surface area contributed by atoms with Crippen LogP contribution in [0, 0.1) is 11.3 Å². The van der Waals surface area contributed by atoms with Gasteiger partial charge in [0.15, 0.2) is 0 Å². The third-order valence-corrected chi connectivity index (χ3v) is 2.69. The van der Waals surface area contributed by atoms with E-state index in [-0.39, 0.29) is 6.42 Å². The Kier molecular flexibility index (Phi) is 5.81. The van der Waals surface area contributed by atoms with Crippen molar-refractivity contribution in [1.29, 1.82) is 5.26 Å². The van der Waals surface area contributed by atoms with Gasteiger partial charge in [-0.1, -0.05) is 25.0 Å². The molecule has 0 aliphatic heterocycles. The molecule has 0 atom stereocenters. The molecule has 0 amide bonds. The summed E-state index contributed by atoms with van der Waals surface area (Å²) in [6.07, 6.45) is 5.15. The van der Waals surface area contributed by atoms with E-state index >= 15 is 0 Å². The SMILES string of the molecule is N#Cc1ccc(CCCCCCC(=O)O)cc1. The van der Waals surface area contributed by atoms with Crippen molar-refractivity contribution in [1.82, 2.24) is 0 Å². The molecule has 0 unspecified atom stereocenters. The number of nitrogens with zero attached hydrogens (tertiary/aromatic N) is 1. The van der Waals surface area contributed by atoms with Gasteiger partial charge in [0.1, 0.15) is 0 Å². The number of nitriles is 1. The zero-order chi connectivity index (χ0) is 12.5. The maximum absolute atomic E-state index is 10.3. The van der Waals surface area contributed by atoms with Crippen molar-refractivity contribution >= 4 is 5.97 Å². The van der Waals surface area contributed by atoms with E-state index in [0.29, 0.717) is 5.56 Å². The van der Waals surface area contributed by atoms with Crippen LogP contribution in [0.25, 0.3) is 0 Å².